The molecular weight excluding hydrogens is 599 g/mol. The van der Waals surface area contributed by atoms with Gasteiger partial charge in [-0.25, -0.2) is 22.8 Å². The van der Waals surface area contributed by atoms with Crippen molar-refractivity contribution in [2.75, 3.05) is 43.2 Å². The van der Waals surface area contributed by atoms with E-state index in [0.29, 0.717) is 47.4 Å². The van der Waals surface area contributed by atoms with Gasteiger partial charge in [0.25, 0.3) is 0 Å². The number of ether oxygens (including phenoxy) is 2. The van der Waals surface area contributed by atoms with Crippen LogP contribution in [-0.4, -0.2) is 68.9 Å². The van der Waals surface area contributed by atoms with Gasteiger partial charge < -0.3 is 19.7 Å². The number of hydrogen-bond donors (Lipinski definition) is 2. The minimum Gasteiger partial charge on any atom is -0.481 e. The zero-order valence-corrected chi connectivity index (χ0v) is 26.5. The normalized spacial score (nSPS) is 19.2. The van der Waals surface area contributed by atoms with Crippen LogP contribution in [-0.2, 0) is 20.2 Å². The summed E-state index contributed by atoms with van der Waals surface area (Å²) in [6.07, 6.45) is 5.17. The van der Waals surface area contributed by atoms with E-state index < -0.39 is 21.3 Å². The predicted molar refractivity (Wildman–Crippen MR) is 170 cm³/mol. The van der Waals surface area contributed by atoms with Crippen molar-refractivity contribution in [2.24, 2.45) is 0 Å². The van der Waals surface area contributed by atoms with Gasteiger partial charge in [-0.1, -0.05) is 19.9 Å². The Morgan fingerprint density at radius 3 is 2.64 bits per heavy atom. The van der Waals surface area contributed by atoms with Gasteiger partial charge in [-0.05, 0) is 31.0 Å². The number of fused-ring (bicyclic) bond motifs is 4. The Morgan fingerprint density at radius 1 is 1.16 bits per heavy atom. The second kappa shape index (κ2) is 11.5. The maximum Gasteiger partial charge on any atom is 0.238 e. The number of benzene rings is 1. The van der Waals surface area contributed by atoms with Gasteiger partial charge in [0, 0.05) is 71.7 Å². The Hall–Kier alpha value is -4.36. The van der Waals surface area contributed by atoms with Crippen LogP contribution >= 0.6 is 0 Å². The van der Waals surface area contributed by atoms with Gasteiger partial charge in [0.1, 0.15) is 18.1 Å². The van der Waals surface area contributed by atoms with Crippen LogP contribution in [0.4, 0.5) is 15.8 Å². The van der Waals surface area contributed by atoms with E-state index in [1.807, 2.05) is 26.0 Å². The molecule has 1 aliphatic heterocycles. The molecule has 0 unspecified atom stereocenters. The Labute approximate surface area is 261 Å². The molecule has 2 aliphatic rings. The van der Waals surface area contributed by atoms with Gasteiger partial charge in [-0.15, -0.1) is 0 Å². The lowest BCUT2D eigenvalue weighted by molar-refractivity contribution is -0.126. The number of likely N-dealkylation sites (N-methyl/N-ethyl adjacent to an activating group) is 1. The molecule has 2 N–H and O–H groups in total. The molecule has 0 atom stereocenters. The van der Waals surface area contributed by atoms with E-state index in [4.69, 9.17) is 9.47 Å². The van der Waals surface area contributed by atoms with Crippen LogP contribution < -0.4 is 24.4 Å². The highest BCUT2D eigenvalue weighted by Crippen LogP contribution is 2.60. The molecule has 6 rings (SSSR count). The number of sulfonamides is 1. The van der Waals surface area contributed by atoms with Crippen LogP contribution in [0.2, 0.25) is 0 Å². The number of aromatic nitrogens is 3. The summed E-state index contributed by atoms with van der Waals surface area (Å²) in [7, 11) is -0.400. The summed E-state index contributed by atoms with van der Waals surface area (Å²) >= 11 is 0. The average Bonchev–Trinajstić information content (AvgIpc) is 3.20. The summed E-state index contributed by atoms with van der Waals surface area (Å²) in [5.74, 6) is 0.0441. The van der Waals surface area contributed by atoms with Crippen molar-refractivity contribution in [2.45, 2.75) is 44.1 Å². The summed E-state index contributed by atoms with van der Waals surface area (Å²) in [5.41, 5.74) is 2.57. The Balaban J connectivity index is 1.40. The molecule has 3 aromatic heterocycles. The second-order valence-electron chi connectivity index (χ2n) is 11.9. The zero-order valence-electron chi connectivity index (χ0n) is 25.7. The number of nitrogens with one attached hydrogen (secondary N) is 2. The molecule has 1 amide bonds. The quantitative estimate of drug-likeness (QED) is 0.244. The minimum absolute atomic E-state index is 0.0356. The van der Waals surface area contributed by atoms with E-state index >= 15 is 4.39 Å². The summed E-state index contributed by atoms with van der Waals surface area (Å²) in [6.45, 7) is 4.79. The average molecular weight is 635 g/mol. The monoisotopic (exact) mass is 634 g/mol. The van der Waals surface area contributed by atoms with Crippen molar-refractivity contribution in [3.63, 3.8) is 0 Å². The molecule has 0 saturated heterocycles. The molecule has 45 heavy (non-hydrogen) atoms. The Morgan fingerprint density at radius 2 is 1.93 bits per heavy atom. The SMILES string of the molecule is COc1cccc([C@H]2C[C@@]3(C2)C(=O)N(C)c2cnc4cc(F)c(-c5cnc(OCCNC(C)C)c(NS(C)(=O)=O)c5)cc4c23)n1. The van der Waals surface area contributed by atoms with E-state index in [2.05, 4.69) is 25.0 Å². The van der Waals surface area contributed by atoms with Crippen molar-refractivity contribution in [3.05, 3.63) is 65.9 Å². The number of amides is 1. The van der Waals surface area contributed by atoms with Crippen molar-refractivity contribution < 1.29 is 27.1 Å². The fourth-order valence-electron chi connectivity index (χ4n) is 6.34. The van der Waals surface area contributed by atoms with Gasteiger partial charge in [-0.3, -0.25) is 14.5 Å². The third-order valence-corrected chi connectivity index (χ3v) is 8.99. The molecule has 13 heteroatoms. The fourth-order valence-corrected chi connectivity index (χ4v) is 6.89. The third-order valence-electron chi connectivity index (χ3n) is 8.40. The van der Waals surface area contributed by atoms with Crippen molar-refractivity contribution >= 4 is 38.2 Å². The van der Waals surface area contributed by atoms with E-state index in [1.54, 1.807) is 37.4 Å². The van der Waals surface area contributed by atoms with Crippen LogP contribution in [0.3, 0.4) is 0 Å². The molecule has 4 aromatic rings. The van der Waals surface area contributed by atoms with E-state index in [9.17, 15) is 13.2 Å². The van der Waals surface area contributed by atoms with Crippen molar-refractivity contribution in [1.29, 1.82) is 0 Å². The third kappa shape index (κ3) is 5.66. The first-order valence-corrected chi connectivity index (χ1v) is 16.6. The van der Waals surface area contributed by atoms with Gasteiger partial charge in [0.15, 0.2) is 0 Å². The fraction of sp³-hybridized carbons (Fsp3) is 0.375. The number of carbonyl (C=O) groups is 1. The lowest BCUT2D eigenvalue weighted by Crippen LogP contribution is -2.48. The maximum atomic E-state index is 15.7. The zero-order chi connectivity index (χ0) is 32.1. The van der Waals surface area contributed by atoms with Crippen LogP contribution in [0.1, 0.15) is 43.9 Å². The number of methoxy groups -OCH3 is 1. The summed E-state index contributed by atoms with van der Waals surface area (Å²) in [5, 5.41) is 3.87. The number of hydrogen-bond acceptors (Lipinski definition) is 9. The van der Waals surface area contributed by atoms with Gasteiger partial charge in [0.2, 0.25) is 27.7 Å². The number of anilines is 2. The van der Waals surface area contributed by atoms with E-state index in [-0.39, 0.29) is 41.6 Å². The first-order chi connectivity index (χ1) is 21.4. The predicted octanol–water partition coefficient (Wildman–Crippen LogP) is 4.38. The van der Waals surface area contributed by atoms with Gasteiger partial charge >= 0.3 is 0 Å². The lowest BCUT2D eigenvalue weighted by Gasteiger charge is -2.44. The molecule has 1 spiro atoms. The Kier molecular flexibility index (Phi) is 7.86. The maximum absolute atomic E-state index is 15.7. The largest absolute Gasteiger partial charge is 0.481 e. The molecule has 1 aliphatic carbocycles. The number of carbonyl (C=O) groups excluding carboxylic acids is 1. The molecule has 4 heterocycles. The topological polar surface area (TPSA) is 136 Å². The first-order valence-electron chi connectivity index (χ1n) is 14.7. The lowest BCUT2D eigenvalue weighted by atomic mass is 9.57. The van der Waals surface area contributed by atoms with Crippen LogP contribution in [0.25, 0.3) is 22.0 Å². The second-order valence-corrected chi connectivity index (χ2v) is 13.7. The van der Waals surface area contributed by atoms with Crippen LogP contribution in [0.15, 0.2) is 48.8 Å². The summed E-state index contributed by atoms with van der Waals surface area (Å²) < 4.78 is 53.6. The van der Waals surface area contributed by atoms with Gasteiger partial charge in [0.05, 0.1) is 36.2 Å². The van der Waals surface area contributed by atoms with Crippen LogP contribution in [0.5, 0.6) is 11.8 Å². The standard InChI is InChI=1S/C32H35FN6O5S/c1-18(2)34-9-10-44-30-26(38-45(5,41)42)11-19(16-36-30)21-12-22-25(13-23(21)33)35-17-27-29(22)32(31(40)39(27)3)14-20(15-32)24-7-6-8-28(37-24)43-4/h6-8,11-13,16-18,20,34,38H,9-10,14-15H2,1-5H3/t20-,32-. The van der Waals surface area contributed by atoms with Crippen LogP contribution in [0, 0.1) is 5.82 Å². The molecule has 11 nitrogen and oxygen atoms in total. The number of nitrogens with zero attached hydrogens (tertiary/aromatic N) is 4. The highest BCUT2D eigenvalue weighted by molar-refractivity contribution is 7.92. The molecule has 1 saturated carbocycles. The molecule has 236 valence electrons. The smallest absolute Gasteiger partial charge is 0.238 e. The molecule has 1 fully saturated rings. The summed E-state index contributed by atoms with van der Waals surface area (Å²) in [4.78, 5) is 28.8. The summed E-state index contributed by atoms with van der Waals surface area (Å²) in [6, 6.07) is 10.4. The van der Waals surface area contributed by atoms with E-state index in [1.165, 1.54) is 18.3 Å². The number of pyridine rings is 3. The number of rotatable bonds is 10. The first kappa shape index (κ1) is 30.7. The number of halogens is 1. The molecule has 0 radical (unpaired) electrons. The molecular formula is C32H35FN6O5S. The van der Waals surface area contributed by atoms with Crippen molar-refractivity contribution in [3.8, 4) is 22.9 Å². The highest BCUT2D eigenvalue weighted by Gasteiger charge is 2.59. The van der Waals surface area contributed by atoms with Crippen molar-refractivity contribution in [1.82, 2.24) is 20.3 Å². The van der Waals surface area contributed by atoms with E-state index in [0.717, 1.165) is 17.5 Å². The molecule has 1 aromatic carbocycles. The molecule has 0 bridgehead atoms. The van der Waals surface area contributed by atoms with Gasteiger partial charge in [-0.2, -0.15) is 0 Å². The minimum atomic E-state index is -3.70. The highest BCUT2D eigenvalue weighted by atomic mass is 32.2. The Bertz CT molecular complexity index is 1910.